The lowest BCUT2D eigenvalue weighted by molar-refractivity contribution is 0.0787. The van der Waals surface area contributed by atoms with Crippen LogP contribution in [-0.2, 0) is 5.41 Å². The van der Waals surface area contributed by atoms with E-state index < -0.39 is 0 Å². The molecule has 0 aromatic heterocycles. The van der Waals surface area contributed by atoms with Crippen molar-refractivity contribution in [3.63, 3.8) is 0 Å². The van der Waals surface area contributed by atoms with Crippen molar-refractivity contribution < 1.29 is 4.79 Å². The molecule has 31 heavy (non-hydrogen) atoms. The van der Waals surface area contributed by atoms with Crippen molar-refractivity contribution in [1.29, 1.82) is 0 Å². The molecule has 2 aliphatic rings. The fourth-order valence-electron chi connectivity index (χ4n) is 4.80. The first-order chi connectivity index (χ1) is 14.9. The minimum Gasteiger partial charge on any atom is -0.348 e. The van der Waals surface area contributed by atoms with Gasteiger partial charge in [0.2, 0.25) is 0 Å². The Balaban J connectivity index is 1.66. The van der Waals surface area contributed by atoms with Crippen LogP contribution in [0.2, 0.25) is 0 Å². The van der Waals surface area contributed by atoms with E-state index in [2.05, 4.69) is 62.7 Å². The number of benzene rings is 3. The van der Waals surface area contributed by atoms with Crippen LogP contribution in [0.5, 0.6) is 0 Å². The number of nitrogens with zero attached hydrogens (tertiary/aromatic N) is 2. The number of amides is 1. The van der Waals surface area contributed by atoms with Crippen molar-refractivity contribution in [3.05, 3.63) is 119 Å². The molecule has 1 atom stereocenters. The molecule has 3 heteroatoms. The zero-order valence-electron chi connectivity index (χ0n) is 18.2. The summed E-state index contributed by atoms with van der Waals surface area (Å²) in [7, 11) is 2.07. The molecule has 0 unspecified atom stereocenters. The fraction of sp³-hybridized carbons (Fsp3) is 0.179. The van der Waals surface area contributed by atoms with Crippen LogP contribution in [0.25, 0.3) is 6.08 Å². The standard InChI is InChI=1S/C28H26N2O/c1-19-28(2,3)24-18-22(14-15-25(24)29(19)4)26-23-13-9-8-10-20(23)16-17-30(26)27(31)21-11-6-5-7-12-21/h5-18,26H,1H2,2-4H3/t26-/m0/s1. The van der Waals surface area contributed by atoms with Gasteiger partial charge in [0.15, 0.2) is 0 Å². The van der Waals surface area contributed by atoms with E-state index in [9.17, 15) is 4.79 Å². The molecular weight excluding hydrogens is 380 g/mol. The molecule has 3 aromatic carbocycles. The van der Waals surface area contributed by atoms with E-state index in [4.69, 9.17) is 0 Å². The van der Waals surface area contributed by atoms with Crippen LogP contribution in [0, 0.1) is 0 Å². The predicted octanol–water partition coefficient (Wildman–Crippen LogP) is 6.14. The summed E-state index contributed by atoms with van der Waals surface area (Å²) in [4.78, 5) is 17.5. The van der Waals surface area contributed by atoms with Crippen LogP contribution in [0.1, 0.15) is 52.5 Å². The molecule has 5 rings (SSSR count). The summed E-state index contributed by atoms with van der Waals surface area (Å²) < 4.78 is 0. The predicted molar refractivity (Wildman–Crippen MR) is 127 cm³/mol. The molecule has 3 nitrogen and oxygen atoms in total. The van der Waals surface area contributed by atoms with Gasteiger partial charge < -0.3 is 9.80 Å². The van der Waals surface area contributed by atoms with Crippen molar-refractivity contribution in [1.82, 2.24) is 4.90 Å². The molecule has 3 aromatic rings. The molecule has 0 spiro atoms. The summed E-state index contributed by atoms with van der Waals surface area (Å²) in [6, 6.07) is 24.2. The first-order valence-corrected chi connectivity index (χ1v) is 10.6. The maximum absolute atomic E-state index is 13.5. The largest absolute Gasteiger partial charge is 0.348 e. The van der Waals surface area contributed by atoms with E-state index in [0.29, 0.717) is 5.56 Å². The number of carbonyl (C=O) groups is 1. The third kappa shape index (κ3) is 2.92. The van der Waals surface area contributed by atoms with Crippen LogP contribution < -0.4 is 4.90 Å². The average Bonchev–Trinajstić information content (AvgIpc) is 2.98. The average molecular weight is 407 g/mol. The second-order valence-corrected chi connectivity index (χ2v) is 8.83. The zero-order chi connectivity index (χ0) is 21.8. The summed E-state index contributed by atoms with van der Waals surface area (Å²) in [5, 5.41) is 0. The lowest BCUT2D eigenvalue weighted by Crippen LogP contribution is -2.33. The second-order valence-electron chi connectivity index (χ2n) is 8.83. The molecular formula is C28H26N2O. The molecule has 0 bridgehead atoms. The summed E-state index contributed by atoms with van der Waals surface area (Å²) in [6.07, 6.45) is 3.95. The van der Waals surface area contributed by atoms with E-state index in [0.717, 1.165) is 22.4 Å². The van der Waals surface area contributed by atoms with Crippen molar-refractivity contribution in [2.45, 2.75) is 25.3 Å². The molecule has 2 aliphatic heterocycles. The van der Waals surface area contributed by atoms with Gasteiger partial charge in [-0.3, -0.25) is 4.79 Å². The first-order valence-electron chi connectivity index (χ1n) is 10.6. The first kappa shape index (κ1) is 19.4. The minimum atomic E-state index is -0.186. The van der Waals surface area contributed by atoms with Crippen LogP contribution in [0.4, 0.5) is 5.69 Å². The van der Waals surface area contributed by atoms with Gasteiger partial charge >= 0.3 is 0 Å². The van der Waals surface area contributed by atoms with Gasteiger partial charge in [0.05, 0.1) is 6.04 Å². The molecule has 0 N–H and O–H groups in total. The van der Waals surface area contributed by atoms with Gasteiger partial charge in [-0.2, -0.15) is 0 Å². The van der Waals surface area contributed by atoms with Crippen LogP contribution in [0.15, 0.2) is 91.3 Å². The molecule has 0 fully saturated rings. The number of anilines is 1. The number of carbonyl (C=O) groups excluding carboxylic acids is 1. The fourth-order valence-corrected chi connectivity index (χ4v) is 4.80. The normalized spacial score (nSPS) is 18.7. The zero-order valence-corrected chi connectivity index (χ0v) is 18.2. The number of allylic oxidation sites excluding steroid dienone is 1. The monoisotopic (exact) mass is 406 g/mol. The molecule has 0 saturated heterocycles. The van der Waals surface area contributed by atoms with Crippen molar-refractivity contribution in [2.24, 2.45) is 0 Å². The lowest BCUT2D eigenvalue weighted by atomic mass is 9.82. The van der Waals surface area contributed by atoms with Crippen LogP contribution >= 0.6 is 0 Å². The van der Waals surface area contributed by atoms with E-state index in [1.165, 1.54) is 11.3 Å². The lowest BCUT2D eigenvalue weighted by Gasteiger charge is -2.34. The van der Waals surface area contributed by atoms with Gasteiger partial charge in [0.25, 0.3) is 5.91 Å². The third-order valence-electron chi connectivity index (χ3n) is 6.74. The SMILES string of the molecule is C=C1N(C)c2ccc([C@H]3c4ccccc4C=CN3C(=O)c3ccccc3)cc2C1(C)C. The molecule has 0 radical (unpaired) electrons. The summed E-state index contributed by atoms with van der Waals surface area (Å²) in [6.45, 7) is 8.74. The maximum Gasteiger partial charge on any atom is 0.258 e. The highest BCUT2D eigenvalue weighted by Gasteiger charge is 2.39. The Morgan fingerprint density at radius 2 is 1.68 bits per heavy atom. The Labute approximate surface area is 183 Å². The van der Waals surface area contributed by atoms with Gasteiger partial charge in [0.1, 0.15) is 0 Å². The van der Waals surface area contributed by atoms with Crippen molar-refractivity contribution >= 4 is 17.7 Å². The number of hydrogen-bond acceptors (Lipinski definition) is 2. The van der Waals surface area contributed by atoms with E-state index >= 15 is 0 Å². The third-order valence-corrected chi connectivity index (χ3v) is 6.74. The molecule has 154 valence electrons. The van der Waals surface area contributed by atoms with Crippen molar-refractivity contribution in [3.8, 4) is 0 Å². The van der Waals surface area contributed by atoms with Gasteiger partial charge in [-0.1, -0.05) is 75.0 Å². The Morgan fingerprint density at radius 1 is 0.968 bits per heavy atom. The Bertz CT molecular complexity index is 1220. The molecule has 2 heterocycles. The number of hydrogen-bond donors (Lipinski definition) is 0. The Hall–Kier alpha value is -3.59. The number of fused-ring (bicyclic) bond motifs is 2. The highest BCUT2D eigenvalue weighted by molar-refractivity contribution is 5.96. The summed E-state index contributed by atoms with van der Waals surface area (Å²) in [5.41, 5.74) is 7.43. The van der Waals surface area contributed by atoms with E-state index in [1.807, 2.05) is 59.6 Å². The van der Waals surface area contributed by atoms with Crippen molar-refractivity contribution in [2.75, 3.05) is 11.9 Å². The summed E-state index contributed by atoms with van der Waals surface area (Å²) in [5.74, 6) is -0.00219. The highest BCUT2D eigenvalue weighted by atomic mass is 16.2. The van der Waals surface area contributed by atoms with Crippen LogP contribution in [-0.4, -0.2) is 17.9 Å². The summed E-state index contributed by atoms with van der Waals surface area (Å²) >= 11 is 0. The number of rotatable bonds is 2. The molecule has 0 saturated carbocycles. The van der Waals surface area contributed by atoms with E-state index in [-0.39, 0.29) is 17.4 Å². The smallest absolute Gasteiger partial charge is 0.258 e. The number of likely N-dealkylation sites (N-methyl/N-ethyl adjacent to an activating group) is 1. The minimum absolute atomic E-state index is 0.00219. The van der Waals surface area contributed by atoms with Gasteiger partial charge in [-0.25, -0.2) is 0 Å². The second kappa shape index (κ2) is 6.98. The Kier molecular flexibility index (Phi) is 4.37. The molecule has 0 aliphatic carbocycles. The quantitative estimate of drug-likeness (QED) is 0.510. The van der Waals surface area contributed by atoms with Crippen LogP contribution in [0.3, 0.4) is 0 Å². The molecule has 1 amide bonds. The van der Waals surface area contributed by atoms with Gasteiger partial charge in [-0.15, -0.1) is 0 Å². The topological polar surface area (TPSA) is 23.6 Å². The highest BCUT2D eigenvalue weighted by Crippen LogP contribution is 2.48. The van der Waals surface area contributed by atoms with Gasteiger partial charge in [-0.05, 0) is 46.5 Å². The van der Waals surface area contributed by atoms with Gasteiger partial charge in [0, 0.05) is 35.6 Å². The van der Waals surface area contributed by atoms with E-state index in [1.54, 1.807) is 0 Å². The maximum atomic E-state index is 13.5. The Morgan fingerprint density at radius 3 is 2.45 bits per heavy atom.